The minimum Gasteiger partial charge on any atom is -0.204 e. The third-order valence-corrected chi connectivity index (χ3v) is 3.39. The van der Waals surface area contributed by atoms with Gasteiger partial charge in [0.15, 0.2) is 11.6 Å². The minimum atomic E-state index is -0.823. The molecule has 0 radical (unpaired) electrons. The van der Waals surface area contributed by atoms with Crippen LogP contribution in [0.5, 0.6) is 0 Å². The van der Waals surface area contributed by atoms with Crippen LogP contribution >= 0.6 is 15.9 Å². The molecule has 0 amide bonds. The molecule has 0 aliphatic heterocycles. The van der Waals surface area contributed by atoms with Crippen LogP contribution in [0.15, 0.2) is 48.5 Å². The van der Waals surface area contributed by atoms with E-state index in [4.69, 9.17) is 0 Å². The molecule has 82 valence electrons. The second-order valence-corrected chi connectivity index (χ2v) is 4.36. The molecule has 0 aliphatic carbocycles. The van der Waals surface area contributed by atoms with E-state index in [-0.39, 0.29) is 4.83 Å². The van der Waals surface area contributed by atoms with Crippen molar-refractivity contribution in [2.24, 2.45) is 0 Å². The van der Waals surface area contributed by atoms with Crippen LogP contribution < -0.4 is 0 Å². The average Bonchev–Trinajstić information content (AvgIpc) is 2.33. The number of hydrogen-bond acceptors (Lipinski definition) is 0. The van der Waals surface area contributed by atoms with Gasteiger partial charge < -0.3 is 0 Å². The van der Waals surface area contributed by atoms with E-state index in [0.717, 1.165) is 11.6 Å². The standard InChI is InChI=1S/C13H9BrF2/c14-13(9-4-2-1-3-5-9)10-6-7-11(15)12(16)8-10/h1-8,13H/t13-/m0/s1. The summed E-state index contributed by atoms with van der Waals surface area (Å²) in [6.45, 7) is 0. The van der Waals surface area contributed by atoms with E-state index < -0.39 is 11.6 Å². The lowest BCUT2D eigenvalue weighted by atomic mass is 10.0. The number of alkyl halides is 1. The van der Waals surface area contributed by atoms with Gasteiger partial charge in [-0.1, -0.05) is 52.3 Å². The van der Waals surface area contributed by atoms with E-state index in [0.29, 0.717) is 5.56 Å². The van der Waals surface area contributed by atoms with Gasteiger partial charge in [-0.3, -0.25) is 0 Å². The van der Waals surface area contributed by atoms with Gasteiger partial charge in [-0.2, -0.15) is 0 Å². The summed E-state index contributed by atoms with van der Waals surface area (Å²) >= 11 is 3.46. The molecule has 16 heavy (non-hydrogen) atoms. The maximum Gasteiger partial charge on any atom is 0.159 e. The molecule has 2 rings (SSSR count). The number of benzene rings is 2. The van der Waals surface area contributed by atoms with Gasteiger partial charge in [-0.05, 0) is 23.3 Å². The van der Waals surface area contributed by atoms with Crippen LogP contribution in [0.2, 0.25) is 0 Å². The Bertz CT molecular complexity index is 483. The van der Waals surface area contributed by atoms with Crippen molar-refractivity contribution in [1.82, 2.24) is 0 Å². The topological polar surface area (TPSA) is 0 Å². The summed E-state index contributed by atoms with van der Waals surface area (Å²) in [5.74, 6) is -1.64. The van der Waals surface area contributed by atoms with Crippen molar-refractivity contribution in [3.63, 3.8) is 0 Å². The molecule has 1 atom stereocenters. The van der Waals surface area contributed by atoms with Gasteiger partial charge in [-0.15, -0.1) is 0 Å². The molecule has 0 fully saturated rings. The zero-order valence-corrected chi connectivity index (χ0v) is 9.92. The molecular formula is C13H9BrF2. The van der Waals surface area contributed by atoms with Crippen molar-refractivity contribution in [1.29, 1.82) is 0 Å². The van der Waals surface area contributed by atoms with Crippen LogP contribution in [0, 0.1) is 11.6 Å². The lowest BCUT2D eigenvalue weighted by Crippen LogP contribution is -1.94. The largest absolute Gasteiger partial charge is 0.204 e. The molecule has 0 saturated carbocycles. The van der Waals surface area contributed by atoms with Crippen molar-refractivity contribution in [2.75, 3.05) is 0 Å². The van der Waals surface area contributed by atoms with Gasteiger partial charge in [0.2, 0.25) is 0 Å². The number of hydrogen-bond donors (Lipinski definition) is 0. The lowest BCUT2D eigenvalue weighted by molar-refractivity contribution is 0.507. The highest BCUT2D eigenvalue weighted by atomic mass is 79.9. The highest BCUT2D eigenvalue weighted by Gasteiger charge is 2.12. The Kier molecular flexibility index (Phi) is 3.34. The van der Waals surface area contributed by atoms with Crippen molar-refractivity contribution in [2.45, 2.75) is 4.83 Å². The quantitative estimate of drug-likeness (QED) is 0.714. The summed E-state index contributed by atoms with van der Waals surface area (Å²) in [5.41, 5.74) is 1.71. The smallest absolute Gasteiger partial charge is 0.159 e. The van der Waals surface area contributed by atoms with Gasteiger partial charge in [0.05, 0.1) is 4.83 Å². The zero-order valence-electron chi connectivity index (χ0n) is 8.33. The summed E-state index contributed by atoms with van der Waals surface area (Å²) in [7, 11) is 0. The van der Waals surface area contributed by atoms with Gasteiger partial charge in [0.25, 0.3) is 0 Å². The van der Waals surface area contributed by atoms with Gasteiger partial charge in [-0.25, -0.2) is 8.78 Å². The van der Waals surface area contributed by atoms with Crippen LogP contribution in [0.3, 0.4) is 0 Å². The molecule has 0 spiro atoms. The average molecular weight is 283 g/mol. The third kappa shape index (κ3) is 2.30. The maximum atomic E-state index is 13.1. The molecule has 0 saturated heterocycles. The first-order valence-corrected chi connectivity index (χ1v) is 5.74. The fourth-order valence-corrected chi connectivity index (χ4v) is 2.07. The third-order valence-electron chi connectivity index (χ3n) is 2.33. The van der Waals surface area contributed by atoms with E-state index in [1.165, 1.54) is 6.07 Å². The summed E-state index contributed by atoms with van der Waals surface area (Å²) < 4.78 is 25.8. The summed E-state index contributed by atoms with van der Waals surface area (Å²) in [5, 5.41) is 0. The van der Waals surface area contributed by atoms with Crippen LogP contribution in [0.1, 0.15) is 16.0 Å². The van der Waals surface area contributed by atoms with E-state index in [2.05, 4.69) is 15.9 Å². The molecule has 0 aliphatic rings. The van der Waals surface area contributed by atoms with Crippen LogP contribution in [0.4, 0.5) is 8.78 Å². The van der Waals surface area contributed by atoms with E-state index in [9.17, 15) is 8.78 Å². The first kappa shape index (κ1) is 11.3. The van der Waals surface area contributed by atoms with Crippen molar-refractivity contribution in [3.05, 3.63) is 71.3 Å². The summed E-state index contributed by atoms with van der Waals surface area (Å²) in [6.07, 6.45) is 0. The Labute approximate surface area is 101 Å². The van der Waals surface area contributed by atoms with Gasteiger partial charge in [0.1, 0.15) is 0 Å². The molecule has 2 aromatic carbocycles. The summed E-state index contributed by atoms with van der Waals surface area (Å²) in [4.78, 5) is -0.121. The molecule has 0 unspecified atom stereocenters. The molecule has 3 heteroatoms. The molecule has 0 bridgehead atoms. The molecule has 0 nitrogen and oxygen atoms in total. The molecule has 0 N–H and O–H groups in total. The van der Waals surface area contributed by atoms with Gasteiger partial charge in [0, 0.05) is 0 Å². The molecule has 0 heterocycles. The van der Waals surface area contributed by atoms with E-state index in [1.54, 1.807) is 6.07 Å². The van der Waals surface area contributed by atoms with Crippen LogP contribution in [-0.4, -0.2) is 0 Å². The maximum absolute atomic E-state index is 13.1. The fourth-order valence-electron chi connectivity index (χ4n) is 1.48. The summed E-state index contributed by atoms with van der Waals surface area (Å²) in [6, 6.07) is 13.5. The Morgan fingerprint density at radius 2 is 1.50 bits per heavy atom. The van der Waals surface area contributed by atoms with Crippen molar-refractivity contribution >= 4 is 15.9 Å². The Balaban J connectivity index is 2.34. The normalized spacial score (nSPS) is 12.4. The van der Waals surface area contributed by atoms with Crippen LogP contribution in [0.25, 0.3) is 0 Å². The Morgan fingerprint density at radius 1 is 0.812 bits per heavy atom. The molecule has 0 aromatic heterocycles. The van der Waals surface area contributed by atoms with Crippen molar-refractivity contribution in [3.8, 4) is 0 Å². The predicted octanol–water partition coefficient (Wildman–Crippen LogP) is 4.45. The zero-order chi connectivity index (χ0) is 11.5. The Hall–Kier alpha value is -1.22. The SMILES string of the molecule is Fc1ccc([C@@H](Br)c2ccccc2)cc1F. The highest BCUT2D eigenvalue weighted by Crippen LogP contribution is 2.31. The first-order chi connectivity index (χ1) is 7.68. The molecular weight excluding hydrogens is 274 g/mol. The monoisotopic (exact) mass is 282 g/mol. The van der Waals surface area contributed by atoms with Crippen molar-refractivity contribution < 1.29 is 8.78 Å². The van der Waals surface area contributed by atoms with Crippen LogP contribution in [-0.2, 0) is 0 Å². The fraction of sp³-hybridized carbons (Fsp3) is 0.0769. The molecule has 2 aromatic rings. The lowest BCUT2D eigenvalue weighted by Gasteiger charge is -2.10. The van der Waals surface area contributed by atoms with Gasteiger partial charge >= 0.3 is 0 Å². The number of rotatable bonds is 2. The van der Waals surface area contributed by atoms with E-state index in [1.807, 2.05) is 30.3 Å². The second-order valence-electron chi connectivity index (χ2n) is 3.45. The van der Waals surface area contributed by atoms with E-state index >= 15 is 0 Å². The first-order valence-electron chi connectivity index (χ1n) is 4.82. The Morgan fingerprint density at radius 3 is 2.12 bits per heavy atom. The predicted molar refractivity (Wildman–Crippen MR) is 63.6 cm³/mol. The number of halogens is 3. The minimum absolute atomic E-state index is 0.121. The second kappa shape index (κ2) is 4.74. The highest BCUT2D eigenvalue weighted by molar-refractivity contribution is 9.09.